The van der Waals surface area contributed by atoms with Gasteiger partial charge >= 0.3 is 0 Å². The lowest BCUT2D eigenvalue weighted by Crippen LogP contribution is -1.91. The number of pyridine rings is 1. The lowest BCUT2D eigenvalue weighted by atomic mass is 10.2. The van der Waals surface area contributed by atoms with E-state index in [1.165, 1.54) is 6.07 Å². The Balaban J connectivity index is 2.99. The van der Waals surface area contributed by atoms with Crippen LogP contribution in [-0.2, 0) is 13.0 Å². The summed E-state index contributed by atoms with van der Waals surface area (Å²) in [5.41, 5.74) is 1.31. The van der Waals surface area contributed by atoms with Crippen LogP contribution in [0.3, 0.4) is 0 Å². The van der Waals surface area contributed by atoms with E-state index in [1.54, 1.807) is 6.20 Å². The number of aliphatic hydroxyl groups excluding tert-OH is 1. The molecule has 0 fully saturated rings. The van der Waals surface area contributed by atoms with Gasteiger partial charge in [0.25, 0.3) is 0 Å². The van der Waals surface area contributed by atoms with Crippen molar-refractivity contribution in [2.24, 2.45) is 0 Å². The molecule has 1 heterocycles. The molecule has 3 nitrogen and oxygen atoms in total. The molecule has 0 amide bonds. The van der Waals surface area contributed by atoms with Gasteiger partial charge in [-0.2, -0.15) is 0 Å². The number of hydrogen-bond donors (Lipinski definition) is 2. The highest BCUT2D eigenvalue weighted by Gasteiger charge is 1.99. The summed E-state index contributed by atoms with van der Waals surface area (Å²) in [6.45, 7) is 1.81. The van der Waals surface area contributed by atoms with E-state index < -0.39 is 0 Å². The standard InChI is InChI=1S/C8H11NO2/c1-2-6-4-9-7(5-10)3-8(6)11/h3-4,10H,2,5H2,1H3,(H,9,11). The molecule has 0 spiro atoms. The molecule has 3 heteroatoms. The number of aliphatic hydroxyl groups is 1. The summed E-state index contributed by atoms with van der Waals surface area (Å²) >= 11 is 0. The zero-order valence-electron chi connectivity index (χ0n) is 6.41. The van der Waals surface area contributed by atoms with Gasteiger partial charge in [0.05, 0.1) is 12.3 Å². The molecule has 1 aromatic heterocycles. The summed E-state index contributed by atoms with van der Waals surface area (Å²) in [6.07, 6.45) is 2.34. The Kier molecular flexibility index (Phi) is 2.44. The van der Waals surface area contributed by atoms with E-state index in [2.05, 4.69) is 4.98 Å². The van der Waals surface area contributed by atoms with E-state index in [1.807, 2.05) is 6.92 Å². The van der Waals surface area contributed by atoms with Crippen LogP contribution in [0.2, 0.25) is 0 Å². The van der Waals surface area contributed by atoms with Crippen LogP contribution in [0.15, 0.2) is 12.3 Å². The van der Waals surface area contributed by atoms with Crippen molar-refractivity contribution in [2.75, 3.05) is 0 Å². The summed E-state index contributed by atoms with van der Waals surface area (Å²) in [4.78, 5) is 3.92. The Morgan fingerprint density at radius 2 is 2.27 bits per heavy atom. The molecule has 1 rings (SSSR count). The number of hydrogen-bond acceptors (Lipinski definition) is 3. The quantitative estimate of drug-likeness (QED) is 0.662. The average molecular weight is 153 g/mol. The van der Waals surface area contributed by atoms with E-state index in [0.717, 1.165) is 12.0 Å². The van der Waals surface area contributed by atoms with Crippen LogP contribution in [0, 0.1) is 0 Å². The second-order valence-corrected chi connectivity index (χ2v) is 2.32. The molecule has 0 unspecified atom stereocenters. The summed E-state index contributed by atoms with van der Waals surface area (Å²) in [5, 5.41) is 17.9. The Labute approximate surface area is 65.3 Å². The molecule has 0 saturated heterocycles. The van der Waals surface area contributed by atoms with Crippen molar-refractivity contribution in [1.29, 1.82) is 0 Å². The first-order valence-electron chi connectivity index (χ1n) is 3.55. The van der Waals surface area contributed by atoms with E-state index in [-0.39, 0.29) is 12.4 Å². The fourth-order valence-corrected chi connectivity index (χ4v) is 0.874. The predicted molar refractivity (Wildman–Crippen MR) is 41.2 cm³/mol. The van der Waals surface area contributed by atoms with Crippen molar-refractivity contribution in [3.05, 3.63) is 23.5 Å². The first-order valence-corrected chi connectivity index (χ1v) is 3.55. The number of aromatic nitrogens is 1. The van der Waals surface area contributed by atoms with Gasteiger partial charge in [-0.05, 0) is 6.42 Å². The van der Waals surface area contributed by atoms with E-state index >= 15 is 0 Å². The molecule has 11 heavy (non-hydrogen) atoms. The van der Waals surface area contributed by atoms with E-state index in [4.69, 9.17) is 5.11 Å². The second kappa shape index (κ2) is 3.34. The van der Waals surface area contributed by atoms with Crippen LogP contribution in [0.4, 0.5) is 0 Å². The zero-order chi connectivity index (χ0) is 8.27. The van der Waals surface area contributed by atoms with Gasteiger partial charge < -0.3 is 10.2 Å². The van der Waals surface area contributed by atoms with E-state index in [9.17, 15) is 5.11 Å². The van der Waals surface area contributed by atoms with Gasteiger partial charge in [0, 0.05) is 17.8 Å². The summed E-state index contributed by atoms with van der Waals surface area (Å²) in [7, 11) is 0. The van der Waals surface area contributed by atoms with Gasteiger partial charge in [-0.1, -0.05) is 6.92 Å². The van der Waals surface area contributed by atoms with Crippen LogP contribution in [0.25, 0.3) is 0 Å². The summed E-state index contributed by atoms with van der Waals surface area (Å²) in [5.74, 6) is 0.214. The molecule has 0 aliphatic rings. The number of rotatable bonds is 2. The van der Waals surface area contributed by atoms with Crippen molar-refractivity contribution in [3.63, 3.8) is 0 Å². The SMILES string of the molecule is CCc1cnc(CO)cc1O. The largest absolute Gasteiger partial charge is 0.508 e. The van der Waals surface area contributed by atoms with Crippen LogP contribution in [0.1, 0.15) is 18.2 Å². The zero-order valence-corrected chi connectivity index (χ0v) is 6.41. The van der Waals surface area contributed by atoms with Gasteiger partial charge in [0.2, 0.25) is 0 Å². The van der Waals surface area contributed by atoms with Gasteiger partial charge in [0.15, 0.2) is 0 Å². The molecule has 0 aliphatic carbocycles. The van der Waals surface area contributed by atoms with Crippen molar-refractivity contribution < 1.29 is 10.2 Å². The van der Waals surface area contributed by atoms with Crippen LogP contribution < -0.4 is 0 Å². The topological polar surface area (TPSA) is 53.4 Å². The highest BCUT2D eigenvalue weighted by molar-refractivity contribution is 5.31. The van der Waals surface area contributed by atoms with Crippen molar-refractivity contribution in [3.8, 4) is 5.75 Å². The van der Waals surface area contributed by atoms with Crippen molar-refractivity contribution in [2.45, 2.75) is 20.0 Å². The Morgan fingerprint density at radius 3 is 2.73 bits per heavy atom. The molecule has 0 radical (unpaired) electrons. The Hall–Kier alpha value is -1.09. The highest BCUT2D eigenvalue weighted by atomic mass is 16.3. The van der Waals surface area contributed by atoms with Gasteiger partial charge in [-0.3, -0.25) is 4.98 Å². The fourth-order valence-electron chi connectivity index (χ4n) is 0.874. The molecular weight excluding hydrogens is 142 g/mol. The molecule has 0 aromatic carbocycles. The monoisotopic (exact) mass is 153 g/mol. The molecular formula is C8H11NO2. The third kappa shape index (κ3) is 1.68. The number of nitrogens with zero attached hydrogens (tertiary/aromatic N) is 1. The van der Waals surface area contributed by atoms with Crippen molar-refractivity contribution in [1.82, 2.24) is 4.98 Å². The Morgan fingerprint density at radius 1 is 1.55 bits per heavy atom. The molecule has 1 aromatic rings. The molecule has 0 aliphatic heterocycles. The molecule has 0 atom stereocenters. The maximum atomic E-state index is 9.27. The predicted octanol–water partition coefficient (Wildman–Crippen LogP) is 0.842. The van der Waals surface area contributed by atoms with Crippen LogP contribution >= 0.6 is 0 Å². The molecule has 2 N–H and O–H groups in total. The minimum absolute atomic E-state index is 0.127. The lowest BCUT2D eigenvalue weighted by Gasteiger charge is -2.01. The molecule has 0 saturated carbocycles. The number of aromatic hydroxyl groups is 1. The maximum absolute atomic E-state index is 9.27. The maximum Gasteiger partial charge on any atom is 0.122 e. The van der Waals surface area contributed by atoms with Crippen LogP contribution in [-0.4, -0.2) is 15.2 Å². The smallest absolute Gasteiger partial charge is 0.122 e. The highest BCUT2D eigenvalue weighted by Crippen LogP contribution is 2.16. The third-order valence-electron chi connectivity index (χ3n) is 1.56. The van der Waals surface area contributed by atoms with Gasteiger partial charge in [-0.25, -0.2) is 0 Å². The molecule has 0 bridgehead atoms. The first kappa shape index (κ1) is 8.01. The fraction of sp³-hybridized carbons (Fsp3) is 0.375. The number of aryl methyl sites for hydroxylation is 1. The second-order valence-electron chi connectivity index (χ2n) is 2.32. The minimum Gasteiger partial charge on any atom is -0.508 e. The van der Waals surface area contributed by atoms with Gasteiger partial charge in [-0.15, -0.1) is 0 Å². The lowest BCUT2D eigenvalue weighted by molar-refractivity contribution is 0.276. The minimum atomic E-state index is -0.127. The van der Waals surface area contributed by atoms with Gasteiger partial charge in [0.1, 0.15) is 5.75 Å². The molecule has 60 valence electrons. The van der Waals surface area contributed by atoms with Crippen molar-refractivity contribution >= 4 is 0 Å². The normalized spacial score (nSPS) is 10.0. The van der Waals surface area contributed by atoms with Crippen LogP contribution in [0.5, 0.6) is 5.75 Å². The summed E-state index contributed by atoms with van der Waals surface area (Å²) < 4.78 is 0. The average Bonchev–Trinajstić information content (AvgIpc) is 2.04. The van der Waals surface area contributed by atoms with E-state index in [0.29, 0.717) is 5.69 Å². The Bertz CT molecular complexity index is 248. The first-order chi connectivity index (χ1) is 5.27. The summed E-state index contributed by atoms with van der Waals surface area (Å²) in [6, 6.07) is 1.48. The third-order valence-corrected chi connectivity index (χ3v) is 1.56.